The SMILES string of the molecule is C1CNCN1.O=[N+]([O-])C=C1NCCN1Cc1ccccc1. The Morgan fingerprint density at radius 1 is 1.19 bits per heavy atom. The Bertz CT molecular complexity index is 466. The van der Waals surface area contributed by atoms with E-state index in [4.69, 9.17) is 0 Å². The van der Waals surface area contributed by atoms with Gasteiger partial charge in [-0.25, -0.2) is 0 Å². The van der Waals surface area contributed by atoms with Gasteiger partial charge in [-0.05, 0) is 5.56 Å². The molecule has 1 aromatic rings. The van der Waals surface area contributed by atoms with E-state index in [9.17, 15) is 10.1 Å². The molecule has 3 rings (SSSR count). The second-order valence-electron chi connectivity index (χ2n) is 4.81. The van der Waals surface area contributed by atoms with Gasteiger partial charge < -0.3 is 20.9 Å². The van der Waals surface area contributed by atoms with Crippen LogP contribution in [-0.2, 0) is 6.54 Å². The van der Waals surface area contributed by atoms with Gasteiger partial charge in [0, 0.05) is 39.4 Å². The molecule has 7 heteroatoms. The van der Waals surface area contributed by atoms with Gasteiger partial charge in [0.15, 0.2) is 5.82 Å². The molecule has 0 spiro atoms. The number of rotatable bonds is 3. The van der Waals surface area contributed by atoms with Gasteiger partial charge in [0.05, 0.1) is 4.92 Å². The van der Waals surface area contributed by atoms with E-state index in [1.54, 1.807) is 0 Å². The van der Waals surface area contributed by atoms with Crippen LogP contribution in [0.25, 0.3) is 0 Å². The maximum Gasteiger partial charge on any atom is 0.274 e. The Balaban J connectivity index is 0.000000272. The molecule has 0 radical (unpaired) electrons. The van der Waals surface area contributed by atoms with Crippen LogP contribution < -0.4 is 16.0 Å². The first-order valence-electron chi connectivity index (χ1n) is 7.05. The highest BCUT2D eigenvalue weighted by Gasteiger charge is 2.19. The number of nitrogens with zero attached hydrogens (tertiary/aromatic N) is 2. The lowest BCUT2D eigenvalue weighted by molar-refractivity contribution is -0.404. The number of hydrogen-bond acceptors (Lipinski definition) is 6. The van der Waals surface area contributed by atoms with Gasteiger partial charge >= 0.3 is 0 Å². The molecule has 2 heterocycles. The molecule has 2 aliphatic rings. The highest BCUT2D eigenvalue weighted by molar-refractivity contribution is 5.16. The van der Waals surface area contributed by atoms with Crippen LogP contribution >= 0.6 is 0 Å². The first kappa shape index (κ1) is 15.3. The zero-order valence-corrected chi connectivity index (χ0v) is 11.9. The summed E-state index contributed by atoms with van der Waals surface area (Å²) in [6.45, 7) is 5.54. The van der Waals surface area contributed by atoms with Crippen molar-refractivity contribution in [3.05, 3.63) is 58.0 Å². The van der Waals surface area contributed by atoms with E-state index in [1.807, 2.05) is 35.2 Å². The molecule has 0 aromatic heterocycles. The van der Waals surface area contributed by atoms with Crippen molar-refractivity contribution in [2.45, 2.75) is 6.54 Å². The van der Waals surface area contributed by atoms with Crippen molar-refractivity contribution < 1.29 is 4.92 Å². The van der Waals surface area contributed by atoms with E-state index in [0.717, 1.165) is 44.6 Å². The van der Waals surface area contributed by atoms with Crippen molar-refractivity contribution in [1.82, 2.24) is 20.9 Å². The Kier molecular flexibility index (Phi) is 5.99. The maximum absolute atomic E-state index is 10.4. The van der Waals surface area contributed by atoms with E-state index in [0.29, 0.717) is 12.4 Å². The fourth-order valence-electron chi connectivity index (χ4n) is 2.19. The molecule has 0 amide bonds. The summed E-state index contributed by atoms with van der Waals surface area (Å²) in [5, 5.41) is 19.6. The summed E-state index contributed by atoms with van der Waals surface area (Å²) in [5.41, 5.74) is 1.15. The number of nitrogens with one attached hydrogen (secondary N) is 3. The smallest absolute Gasteiger partial charge is 0.274 e. The summed E-state index contributed by atoms with van der Waals surface area (Å²) in [5.74, 6) is 0.592. The quantitative estimate of drug-likeness (QED) is 0.549. The van der Waals surface area contributed by atoms with Gasteiger partial charge in [0.1, 0.15) is 0 Å². The summed E-state index contributed by atoms with van der Waals surface area (Å²) < 4.78 is 0. The van der Waals surface area contributed by atoms with Gasteiger partial charge in [-0.15, -0.1) is 0 Å². The average Bonchev–Trinajstić information content (AvgIpc) is 3.15. The third kappa shape index (κ3) is 5.41. The molecule has 7 nitrogen and oxygen atoms in total. The Morgan fingerprint density at radius 3 is 2.48 bits per heavy atom. The van der Waals surface area contributed by atoms with Crippen molar-refractivity contribution >= 4 is 0 Å². The fourth-order valence-corrected chi connectivity index (χ4v) is 2.19. The van der Waals surface area contributed by atoms with Crippen LogP contribution in [-0.4, -0.2) is 42.7 Å². The van der Waals surface area contributed by atoms with Gasteiger partial charge in [0.25, 0.3) is 6.20 Å². The third-order valence-electron chi connectivity index (χ3n) is 3.20. The highest BCUT2D eigenvalue weighted by atomic mass is 16.6. The van der Waals surface area contributed by atoms with E-state index in [1.165, 1.54) is 0 Å². The molecule has 0 bridgehead atoms. The number of benzene rings is 1. The van der Waals surface area contributed by atoms with Crippen molar-refractivity contribution in [3.8, 4) is 0 Å². The van der Waals surface area contributed by atoms with E-state index in [-0.39, 0.29) is 0 Å². The second kappa shape index (κ2) is 8.23. The molecule has 0 atom stereocenters. The summed E-state index contributed by atoms with van der Waals surface area (Å²) in [7, 11) is 0. The molecule has 21 heavy (non-hydrogen) atoms. The second-order valence-corrected chi connectivity index (χ2v) is 4.81. The lowest BCUT2D eigenvalue weighted by Crippen LogP contribution is -2.20. The molecule has 2 fully saturated rings. The van der Waals surface area contributed by atoms with Crippen molar-refractivity contribution in [2.75, 3.05) is 32.8 Å². The monoisotopic (exact) mass is 291 g/mol. The van der Waals surface area contributed by atoms with Gasteiger partial charge in [0.2, 0.25) is 0 Å². The van der Waals surface area contributed by atoms with Gasteiger partial charge in [-0.3, -0.25) is 10.1 Å². The third-order valence-corrected chi connectivity index (χ3v) is 3.20. The Labute approximate surface area is 124 Å². The molecule has 1 aromatic carbocycles. The summed E-state index contributed by atoms with van der Waals surface area (Å²) in [6, 6.07) is 9.93. The fraction of sp³-hybridized carbons (Fsp3) is 0.429. The lowest BCUT2D eigenvalue weighted by Gasteiger charge is -2.16. The Hall–Kier alpha value is -2.12. The number of hydrogen-bond donors (Lipinski definition) is 3. The molecular formula is C14H21N5O2. The van der Waals surface area contributed by atoms with Crippen LogP contribution in [0, 0.1) is 10.1 Å². The summed E-state index contributed by atoms with van der Waals surface area (Å²) in [4.78, 5) is 12.0. The van der Waals surface area contributed by atoms with Crippen molar-refractivity contribution in [1.29, 1.82) is 0 Å². The zero-order valence-electron chi connectivity index (χ0n) is 11.9. The van der Waals surface area contributed by atoms with Crippen LogP contribution in [0.4, 0.5) is 0 Å². The highest BCUT2D eigenvalue weighted by Crippen LogP contribution is 2.12. The standard InChI is InChI=1S/C11H13N3O2.C3H8N2/c15-14(16)9-11-12-6-7-13(11)8-10-4-2-1-3-5-10;1-2-5-3-4-1/h1-5,9,12H,6-8H2;4-5H,1-3H2. The largest absolute Gasteiger partial charge is 0.365 e. The predicted molar refractivity (Wildman–Crippen MR) is 80.8 cm³/mol. The minimum atomic E-state index is -0.425. The van der Waals surface area contributed by atoms with E-state index < -0.39 is 4.92 Å². The minimum absolute atomic E-state index is 0.425. The molecule has 2 saturated heterocycles. The van der Waals surface area contributed by atoms with Gasteiger partial charge in [-0.1, -0.05) is 30.3 Å². The van der Waals surface area contributed by atoms with Crippen LogP contribution in [0.2, 0.25) is 0 Å². The van der Waals surface area contributed by atoms with Crippen LogP contribution in [0.1, 0.15) is 5.56 Å². The van der Waals surface area contributed by atoms with Crippen molar-refractivity contribution in [3.63, 3.8) is 0 Å². The molecule has 0 unspecified atom stereocenters. The summed E-state index contributed by atoms with van der Waals surface area (Å²) in [6.07, 6.45) is 1.02. The molecule has 0 aliphatic carbocycles. The first-order valence-corrected chi connectivity index (χ1v) is 7.05. The van der Waals surface area contributed by atoms with E-state index >= 15 is 0 Å². The summed E-state index contributed by atoms with van der Waals surface area (Å²) >= 11 is 0. The van der Waals surface area contributed by atoms with Gasteiger partial charge in [-0.2, -0.15) is 0 Å². The average molecular weight is 291 g/mol. The Morgan fingerprint density at radius 2 is 1.90 bits per heavy atom. The van der Waals surface area contributed by atoms with Crippen LogP contribution in [0.15, 0.2) is 42.4 Å². The maximum atomic E-state index is 10.4. The molecule has 114 valence electrons. The predicted octanol–water partition coefficient (Wildman–Crippen LogP) is 0.304. The number of nitro groups is 1. The zero-order chi connectivity index (χ0) is 14.9. The normalized spacial score (nSPS) is 19.0. The topological polar surface area (TPSA) is 82.5 Å². The first-order chi connectivity index (χ1) is 10.3. The van der Waals surface area contributed by atoms with Crippen LogP contribution in [0.5, 0.6) is 0 Å². The van der Waals surface area contributed by atoms with Crippen molar-refractivity contribution in [2.24, 2.45) is 0 Å². The molecule has 3 N–H and O–H groups in total. The molecular weight excluding hydrogens is 270 g/mol. The van der Waals surface area contributed by atoms with Crippen LogP contribution in [0.3, 0.4) is 0 Å². The molecule has 0 saturated carbocycles. The van der Waals surface area contributed by atoms with E-state index in [2.05, 4.69) is 16.0 Å². The molecule has 2 aliphatic heterocycles. The minimum Gasteiger partial charge on any atom is -0.365 e. The lowest BCUT2D eigenvalue weighted by atomic mass is 10.2.